The quantitative estimate of drug-likeness (QED) is 0.838. The zero-order valence-electron chi connectivity index (χ0n) is 13.7. The molecule has 0 radical (unpaired) electrons. The van der Waals surface area contributed by atoms with Crippen LogP contribution in [0, 0.1) is 17.3 Å². The molecule has 2 N–H and O–H groups in total. The molecule has 2 fully saturated rings. The van der Waals surface area contributed by atoms with Gasteiger partial charge in [-0.3, -0.25) is 0 Å². The summed E-state index contributed by atoms with van der Waals surface area (Å²) in [6, 6.07) is 0.0528. The zero-order valence-corrected chi connectivity index (χ0v) is 13.7. The van der Waals surface area contributed by atoms with Crippen LogP contribution >= 0.6 is 0 Å². The lowest BCUT2D eigenvalue weighted by Gasteiger charge is -2.38. The molecule has 1 atom stereocenters. The number of carbonyl (C=O) groups excluding carboxylic acids is 1. The molecule has 1 unspecified atom stereocenters. The lowest BCUT2D eigenvalue weighted by Crippen LogP contribution is -2.49. The van der Waals surface area contributed by atoms with Gasteiger partial charge in [0.15, 0.2) is 0 Å². The average molecular weight is 296 g/mol. The molecule has 0 aromatic carbocycles. The van der Waals surface area contributed by atoms with Crippen molar-refractivity contribution in [2.45, 2.75) is 58.8 Å². The van der Waals surface area contributed by atoms with Gasteiger partial charge >= 0.3 is 6.03 Å². The molecule has 0 spiro atoms. The largest absolute Gasteiger partial charge is 0.396 e. The van der Waals surface area contributed by atoms with E-state index >= 15 is 0 Å². The fraction of sp³-hybridized carbons (Fsp3) is 0.941. The van der Waals surface area contributed by atoms with Crippen molar-refractivity contribution in [1.82, 2.24) is 10.2 Å². The maximum atomic E-state index is 12.3. The van der Waals surface area contributed by atoms with Gasteiger partial charge in [-0.1, -0.05) is 33.1 Å². The summed E-state index contributed by atoms with van der Waals surface area (Å²) >= 11 is 0. The Kier molecular flexibility index (Phi) is 5.91. The number of hydrogen-bond acceptors (Lipinski definition) is 2. The van der Waals surface area contributed by atoms with Crippen LogP contribution in [0.15, 0.2) is 0 Å². The van der Waals surface area contributed by atoms with Crippen molar-refractivity contribution in [3.63, 3.8) is 0 Å². The number of nitrogens with one attached hydrogen (secondary N) is 1. The van der Waals surface area contributed by atoms with E-state index in [4.69, 9.17) is 0 Å². The Morgan fingerprint density at radius 3 is 2.57 bits per heavy atom. The lowest BCUT2D eigenvalue weighted by molar-refractivity contribution is 0.120. The molecule has 1 heterocycles. The molecule has 2 amide bonds. The van der Waals surface area contributed by atoms with Crippen LogP contribution in [0.5, 0.6) is 0 Å². The number of amides is 2. The number of likely N-dealkylation sites (tertiary alicyclic amines) is 1. The van der Waals surface area contributed by atoms with Gasteiger partial charge in [-0.15, -0.1) is 0 Å². The molecule has 1 saturated carbocycles. The second-order valence-electron chi connectivity index (χ2n) is 7.62. The molecule has 0 aromatic heterocycles. The van der Waals surface area contributed by atoms with Gasteiger partial charge in [0.1, 0.15) is 0 Å². The zero-order chi connectivity index (χ0) is 15.3. The van der Waals surface area contributed by atoms with Crippen LogP contribution in [-0.2, 0) is 0 Å². The Labute approximate surface area is 129 Å². The number of nitrogens with zero attached hydrogens (tertiary/aromatic N) is 1. The fourth-order valence-corrected chi connectivity index (χ4v) is 3.84. The second-order valence-corrected chi connectivity index (χ2v) is 7.62. The Balaban J connectivity index is 1.79. The number of carbonyl (C=O) groups is 1. The van der Waals surface area contributed by atoms with Crippen molar-refractivity contribution >= 4 is 6.03 Å². The van der Waals surface area contributed by atoms with Gasteiger partial charge in [-0.2, -0.15) is 0 Å². The first kappa shape index (κ1) is 16.6. The van der Waals surface area contributed by atoms with E-state index in [1.54, 1.807) is 0 Å². The van der Waals surface area contributed by atoms with Crippen LogP contribution in [0.3, 0.4) is 0 Å². The predicted molar refractivity (Wildman–Crippen MR) is 85.1 cm³/mol. The van der Waals surface area contributed by atoms with Crippen molar-refractivity contribution in [2.24, 2.45) is 17.3 Å². The highest BCUT2D eigenvalue weighted by Crippen LogP contribution is 2.37. The van der Waals surface area contributed by atoms with Gasteiger partial charge in [0.05, 0.1) is 0 Å². The third-order valence-electron chi connectivity index (χ3n) is 5.47. The molecule has 2 aliphatic rings. The summed E-state index contributed by atoms with van der Waals surface area (Å²) in [5.41, 5.74) is 0.183. The highest BCUT2D eigenvalue weighted by Gasteiger charge is 2.32. The second kappa shape index (κ2) is 7.48. The third kappa shape index (κ3) is 4.60. The van der Waals surface area contributed by atoms with E-state index in [0.29, 0.717) is 6.54 Å². The summed E-state index contributed by atoms with van der Waals surface area (Å²) in [5, 5.41) is 12.4. The summed E-state index contributed by atoms with van der Waals surface area (Å²) in [7, 11) is 0. The lowest BCUT2D eigenvalue weighted by atomic mass is 9.71. The van der Waals surface area contributed by atoms with E-state index in [1.807, 2.05) is 4.90 Å². The summed E-state index contributed by atoms with van der Waals surface area (Å²) in [4.78, 5) is 14.2. The molecule has 4 heteroatoms. The van der Waals surface area contributed by atoms with E-state index in [0.717, 1.165) is 31.8 Å². The molecular formula is C17H32N2O2. The Morgan fingerprint density at radius 1 is 1.19 bits per heavy atom. The highest BCUT2D eigenvalue weighted by molar-refractivity contribution is 5.74. The molecular weight excluding hydrogens is 264 g/mol. The van der Waals surface area contributed by atoms with E-state index in [2.05, 4.69) is 19.2 Å². The van der Waals surface area contributed by atoms with Crippen LogP contribution in [0.4, 0.5) is 4.79 Å². The fourth-order valence-electron chi connectivity index (χ4n) is 3.84. The first-order chi connectivity index (χ1) is 10.0. The third-order valence-corrected chi connectivity index (χ3v) is 5.47. The minimum atomic E-state index is 0.0528. The smallest absolute Gasteiger partial charge is 0.317 e. The standard InChI is InChI=1S/C17H32N2O2/c1-17(2,15-8-4-3-5-9-15)13-18-16(21)19-10-6-7-14(11-19)12-20/h14-15,20H,3-13H2,1-2H3,(H,18,21). The number of rotatable bonds is 4. The van der Waals surface area contributed by atoms with Gasteiger partial charge in [0, 0.05) is 26.2 Å². The van der Waals surface area contributed by atoms with Crippen molar-refractivity contribution in [2.75, 3.05) is 26.2 Å². The van der Waals surface area contributed by atoms with Crippen molar-refractivity contribution in [1.29, 1.82) is 0 Å². The van der Waals surface area contributed by atoms with Gasteiger partial charge in [0.2, 0.25) is 0 Å². The Hall–Kier alpha value is -0.770. The molecule has 4 nitrogen and oxygen atoms in total. The molecule has 2 rings (SSSR count). The first-order valence-electron chi connectivity index (χ1n) is 8.66. The number of piperidine rings is 1. The summed E-state index contributed by atoms with van der Waals surface area (Å²) < 4.78 is 0. The molecule has 1 aliphatic heterocycles. The van der Waals surface area contributed by atoms with Crippen LogP contribution in [0.1, 0.15) is 58.8 Å². The van der Waals surface area contributed by atoms with Crippen molar-refractivity contribution in [3.05, 3.63) is 0 Å². The minimum Gasteiger partial charge on any atom is -0.396 e. The molecule has 1 saturated heterocycles. The maximum Gasteiger partial charge on any atom is 0.317 e. The average Bonchev–Trinajstić information content (AvgIpc) is 2.53. The van der Waals surface area contributed by atoms with Gasteiger partial charge < -0.3 is 15.3 Å². The maximum absolute atomic E-state index is 12.3. The van der Waals surface area contributed by atoms with Gasteiger partial charge in [-0.05, 0) is 42.9 Å². The first-order valence-corrected chi connectivity index (χ1v) is 8.66. The van der Waals surface area contributed by atoms with Gasteiger partial charge in [-0.25, -0.2) is 4.79 Å². The molecule has 1 aliphatic carbocycles. The topological polar surface area (TPSA) is 52.6 Å². The van der Waals surface area contributed by atoms with E-state index < -0.39 is 0 Å². The minimum absolute atomic E-state index is 0.0528. The summed E-state index contributed by atoms with van der Waals surface area (Å²) in [6.45, 7) is 7.05. The monoisotopic (exact) mass is 296 g/mol. The summed E-state index contributed by atoms with van der Waals surface area (Å²) in [6.07, 6.45) is 8.70. The van der Waals surface area contributed by atoms with Gasteiger partial charge in [0.25, 0.3) is 0 Å². The van der Waals surface area contributed by atoms with E-state index in [1.165, 1.54) is 32.1 Å². The van der Waals surface area contributed by atoms with Crippen LogP contribution in [0.2, 0.25) is 0 Å². The van der Waals surface area contributed by atoms with Crippen LogP contribution in [-0.4, -0.2) is 42.3 Å². The van der Waals surface area contributed by atoms with Crippen LogP contribution in [0.25, 0.3) is 0 Å². The van der Waals surface area contributed by atoms with Crippen molar-refractivity contribution < 1.29 is 9.90 Å². The number of aliphatic hydroxyl groups is 1. The molecule has 0 bridgehead atoms. The Bertz CT molecular complexity index is 338. The normalized spacial score (nSPS) is 24.9. The predicted octanol–water partition coefficient (Wildman–Crippen LogP) is 3.01. The van der Waals surface area contributed by atoms with E-state index in [-0.39, 0.29) is 24.0 Å². The molecule has 21 heavy (non-hydrogen) atoms. The highest BCUT2D eigenvalue weighted by atomic mass is 16.3. The molecule has 122 valence electrons. The van der Waals surface area contributed by atoms with E-state index in [9.17, 15) is 9.90 Å². The number of urea groups is 1. The number of aliphatic hydroxyl groups excluding tert-OH is 1. The summed E-state index contributed by atoms with van der Waals surface area (Å²) in [5.74, 6) is 0.994. The SMILES string of the molecule is CC(C)(CNC(=O)N1CCCC(CO)C1)C1CCCCC1. The Morgan fingerprint density at radius 2 is 1.90 bits per heavy atom. The van der Waals surface area contributed by atoms with Crippen LogP contribution < -0.4 is 5.32 Å². The number of hydrogen-bond donors (Lipinski definition) is 2. The van der Waals surface area contributed by atoms with Crippen molar-refractivity contribution in [3.8, 4) is 0 Å². The molecule has 0 aromatic rings.